The Labute approximate surface area is 129 Å². The lowest BCUT2D eigenvalue weighted by Gasteiger charge is -2.07. The second kappa shape index (κ2) is 10.0. The minimum Gasteiger partial charge on any atom is -0.0776 e. The summed E-state index contributed by atoms with van der Waals surface area (Å²) in [4.78, 5) is 0. The molecule has 0 amide bonds. The van der Waals surface area contributed by atoms with E-state index in [-0.39, 0.29) is 28.6 Å². The van der Waals surface area contributed by atoms with Gasteiger partial charge < -0.3 is 0 Å². The Morgan fingerprint density at radius 1 is 0.684 bits per heavy atom. The van der Waals surface area contributed by atoms with Gasteiger partial charge in [-0.2, -0.15) is 0 Å². The molecule has 0 aliphatic carbocycles. The summed E-state index contributed by atoms with van der Waals surface area (Å²) in [5.41, 5.74) is 3.08. The Hall–Kier alpha value is -0.830. The van der Waals surface area contributed by atoms with Crippen molar-refractivity contribution in [2.45, 2.75) is 41.5 Å². The van der Waals surface area contributed by atoms with Crippen LogP contribution in [-0.2, 0) is 6.42 Å². The number of rotatable bonds is 0. The molecule has 0 saturated carbocycles. The molecule has 3 rings (SSSR count). The first kappa shape index (κ1) is 18.2. The van der Waals surface area contributed by atoms with Gasteiger partial charge in [0.15, 0.2) is 7.14 Å². The molecule has 0 radical (unpaired) electrons. The number of benzene rings is 2. The zero-order valence-electron chi connectivity index (χ0n) is 11.7. The second-order valence-corrected chi connectivity index (χ2v) is 6.32. The largest absolute Gasteiger partial charge is 0.358 e. The molecular weight excluding hydrogens is 343 g/mol. The fourth-order valence-corrected chi connectivity index (χ4v) is 4.62. The summed E-state index contributed by atoms with van der Waals surface area (Å²) in [7, 11) is 0. The van der Waals surface area contributed by atoms with Crippen molar-refractivity contribution in [3.63, 3.8) is 0 Å². The monoisotopic (exact) mass is 369 g/mol. The Morgan fingerprint density at radius 2 is 1.05 bits per heavy atom. The van der Waals surface area contributed by atoms with E-state index < -0.39 is 0 Å². The van der Waals surface area contributed by atoms with Gasteiger partial charge >= 0.3 is 21.2 Å². The van der Waals surface area contributed by atoms with Gasteiger partial charge in [-0.3, -0.25) is 0 Å². The topological polar surface area (TPSA) is 0 Å². The van der Waals surface area contributed by atoms with Crippen molar-refractivity contribution in [3.8, 4) is 0 Å². The summed E-state index contributed by atoms with van der Waals surface area (Å²) in [5.74, 6) is 0. The quantitative estimate of drug-likeness (QED) is 0.534. The molecule has 1 aliphatic rings. The first-order valence-corrected chi connectivity index (χ1v) is 8.90. The zero-order chi connectivity index (χ0) is 13.4. The van der Waals surface area contributed by atoms with E-state index in [0.717, 1.165) is 6.42 Å². The Morgan fingerprint density at radius 3 is 1.47 bits per heavy atom. The van der Waals surface area contributed by atoms with E-state index in [1.807, 2.05) is 27.7 Å². The van der Waals surface area contributed by atoms with Crippen LogP contribution in [0.1, 0.15) is 46.2 Å². The molecule has 0 atom stereocenters. The van der Waals surface area contributed by atoms with Crippen molar-refractivity contribution in [1.82, 2.24) is 0 Å². The lowest BCUT2D eigenvalue weighted by atomic mass is 10.1. The van der Waals surface area contributed by atoms with Crippen LogP contribution in [0.25, 0.3) is 0 Å². The summed E-state index contributed by atoms with van der Waals surface area (Å²) < 4.78 is 3.20. The highest BCUT2D eigenvalue weighted by Crippen LogP contribution is 2.11. The molecule has 0 aromatic heterocycles. The van der Waals surface area contributed by atoms with Crippen LogP contribution in [-0.4, -0.2) is 0 Å². The van der Waals surface area contributed by atoms with Crippen molar-refractivity contribution in [1.29, 1.82) is 0 Å². The van der Waals surface area contributed by atoms with E-state index in [2.05, 4.69) is 48.5 Å². The average molecular weight is 369 g/mol. The molecule has 0 N–H and O–H groups in total. The smallest absolute Gasteiger partial charge is 0.0776 e. The van der Waals surface area contributed by atoms with E-state index in [1.54, 1.807) is 18.3 Å². The molecule has 0 nitrogen and oxygen atoms in total. The Kier molecular flexibility index (Phi) is 9.58. The highest BCUT2D eigenvalue weighted by molar-refractivity contribution is 5.27. The van der Waals surface area contributed by atoms with Crippen molar-refractivity contribution >= 4 is 0 Å². The number of halogens is 1. The van der Waals surface area contributed by atoms with E-state index >= 15 is 0 Å². The normalized spacial score (nSPS) is 10.3. The minimum atomic E-state index is 0. The van der Waals surface area contributed by atoms with Crippen LogP contribution in [0.4, 0.5) is 0 Å². The summed E-state index contributed by atoms with van der Waals surface area (Å²) in [6, 6.07) is 17.7. The first-order valence-electron chi connectivity index (χ1n) is 6.74. The van der Waals surface area contributed by atoms with Gasteiger partial charge in [-0.1, -0.05) is 71.5 Å². The van der Waals surface area contributed by atoms with Crippen molar-refractivity contribution in [3.05, 3.63) is 66.8 Å². The first-order chi connectivity index (χ1) is 8.93. The third-order valence-corrected chi connectivity index (χ3v) is 5.77. The van der Waals surface area contributed by atoms with Gasteiger partial charge in [0.1, 0.15) is 0 Å². The van der Waals surface area contributed by atoms with Gasteiger partial charge in [-0.05, 0) is 12.1 Å². The molecule has 104 valence electrons. The molecular formula is C18H26I+. The SMILES string of the molecule is C.CC.CC.c1ccc2c(c1)Cc1ccccc1[I+]2. The standard InChI is InChI=1S/C13H10I.2C2H6.CH4/c1-3-7-12-10(5-1)9-11-6-2-4-8-13(11)14-12;2*1-2;/h1-8H,9H2;2*1-2H3;1H4/q+1;;;. The predicted octanol–water partition coefficient (Wildman–Crippen LogP) is 2.41. The molecule has 0 bridgehead atoms. The summed E-state index contributed by atoms with van der Waals surface area (Å²) in [5, 5.41) is 0. The van der Waals surface area contributed by atoms with Crippen LogP contribution in [0, 0.1) is 7.14 Å². The summed E-state index contributed by atoms with van der Waals surface area (Å²) >= 11 is 0.0753. The predicted molar refractivity (Wildman–Crippen MR) is 82.5 cm³/mol. The van der Waals surface area contributed by atoms with Crippen molar-refractivity contribution in [2.24, 2.45) is 0 Å². The summed E-state index contributed by atoms with van der Waals surface area (Å²) in [6.07, 6.45) is 1.13. The van der Waals surface area contributed by atoms with Gasteiger partial charge in [0.25, 0.3) is 0 Å². The Balaban J connectivity index is 0.000000597. The van der Waals surface area contributed by atoms with Gasteiger partial charge in [0.05, 0.1) is 0 Å². The van der Waals surface area contributed by atoms with Crippen LogP contribution in [0.15, 0.2) is 48.5 Å². The number of hydrogen-bond donors (Lipinski definition) is 0. The molecule has 1 heterocycles. The van der Waals surface area contributed by atoms with Gasteiger partial charge in [-0.25, -0.2) is 0 Å². The third-order valence-electron chi connectivity index (χ3n) is 2.50. The third kappa shape index (κ3) is 4.64. The highest BCUT2D eigenvalue weighted by Gasteiger charge is 2.27. The van der Waals surface area contributed by atoms with Crippen LogP contribution in [0.5, 0.6) is 0 Å². The van der Waals surface area contributed by atoms with Gasteiger partial charge in [0.2, 0.25) is 0 Å². The maximum atomic E-state index is 2.29. The van der Waals surface area contributed by atoms with Gasteiger partial charge in [0, 0.05) is 17.5 Å². The van der Waals surface area contributed by atoms with Crippen LogP contribution < -0.4 is 21.2 Å². The second-order valence-electron chi connectivity index (χ2n) is 3.45. The molecule has 19 heavy (non-hydrogen) atoms. The highest BCUT2D eigenvalue weighted by atomic mass is 127. The van der Waals surface area contributed by atoms with E-state index in [1.165, 1.54) is 0 Å². The van der Waals surface area contributed by atoms with Crippen LogP contribution >= 0.6 is 0 Å². The fraction of sp³-hybridized carbons (Fsp3) is 0.333. The van der Waals surface area contributed by atoms with Gasteiger partial charge in [-0.15, -0.1) is 0 Å². The van der Waals surface area contributed by atoms with Crippen molar-refractivity contribution in [2.75, 3.05) is 0 Å². The zero-order valence-corrected chi connectivity index (χ0v) is 13.9. The lowest BCUT2D eigenvalue weighted by Crippen LogP contribution is -3.62. The van der Waals surface area contributed by atoms with Crippen LogP contribution in [0.3, 0.4) is 0 Å². The van der Waals surface area contributed by atoms with E-state index in [9.17, 15) is 0 Å². The average Bonchev–Trinajstić information content (AvgIpc) is 2.49. The fourth-order valence-electron chi connectivity index (χ4n) is 1.78. The minimum absolute atomic E-state index is 0. The number of fused-ring (bicyclic) bond motifs is 2. The Bertz CT molecular complexity index is 387. The molecule has 0 fully saturated rings. The van der Waals surface area contributed by atoms with Crippen molar-refractivity contribution < 1.29 is 21.2 Å². The van der Waals surface area contributed by atoms with Crippen LogP contribution in [0.2, 0.25) is 0 Å². The molecule has 2 aromatic carbocycles. The molecule has 0 spiro atoms. The molecule has 0 unspecified atom stereocenters. The molecule has 2 aromatic rings. The van der Waals surface area contributed by atoms with E-state index in [4.69, 9.17) is 0 Å². The molecule has 1 heteroatoms. The maximum absolute atomic E-state index is 2.29. The molecule has 1 aliphatic heterocycles. The van der Waals surface area contributed by atoms with E-state index in [0.29, 0.717) is 0 Å². The summed E-state index contributed by atoms with van der Waals surface area (Å²) in [6.45, 7) is 8.00. The lowest BCUT2D eigenvalue weighted by molar-refractivity contribution is -0.601. The number of hydrogen-bond acceptors (Lipinski definition) is 0. The molecule has 0 saturated heterocycles. The maximum Gasteiger partial charge on any atom is 0.358 e.